The molecule has 0 saturated heterocycles. The van der Waals surface area contributed by atoms with E-state index >= 15 is 0 Å². The first-order chi connectivity index (χ1) is 8.69. The molecular formula is C15H17NO2. The summed E-state index contributed by atoms with van der Waals surface area (Å²) >= 11 is 0. The predicted octanol–water partition coefficient (Wildman–Crippen LogP) is 3.49. The van der Waals surface area contributed by atoms with E-state index in [9.17, 15) is 5.11 Å². The molecule has 3 nitrogen and oxygen atoms in total. The number of hydrogen-bond donors (Lipinski definition) is 1. The van der Waals surface area contributed by atoms with Crippen molar-refractivity contribution >= 4 is 0 Å². The third-order valence-electron chi connectivity index (χ3n) is 2.80. The number of aliphatic hydroxyl groups excluding tert-OH is 1. The van der Waals surface area contributed by atoms with Crippen LogP contribution in [0.15, 0.2) is 42.6 Å². The maximum Gasteiger partial charge on any atom is 0.219 e. The summed E-state index contributed by atoms with van der Waals surface area (Å²) in [7, 11) is 0. The third kappa shape index (κ3) is 3.08. The molecule has 0 spiro atoms. The van der Waals surface area contributed by atoms with Crippen LogP contribution >= 0.6 is 0 Å². The average Bonchev–Trinajstić information content (AvgIpc) is 2.40. The van der Waals surface area contributed by atoms with Crippen molar-refractivity contribution in [3.63, 3.8) is 0 Å². The Kier molecular flexibility index (Phi) is 3.95. The molecule has 1 N–H and O–H groups in total. The highest BCUT2D eigenvalue weighted by atomic mass is 16.5. The van der Waals surface area contributed by atoms with Crippen LogP contribution in [0.2, 0.25) is 0 Å². The van der Waals surface area contributed by atoms with Crippen LogP contribution in [0.5, 0.6) is 11.6 Å². The fourth-order valence-corrected chi connectivity index (χ4v) is 1.61. The number of aromatic nitrogens is 1. The van der Waals surface area contributed by atoms with Crippen LogP contribution in [0.25, 0.3) is 0 Å². The first kappa shape index (κ1) is 12.6. The summed E-state index contributed by atoms with van der Waals surface area (Å²) < 4.78 is 5.62. The van der Waals surface area contributed by atoms with E-state index in [1.165, 1.54) is 5.56 Å². The Morgan fingerprint density at radius 2 is 1.89 bits per heavy atom. The number of rotatable bonds is 4. The highest BCUT2D eigenvalue weighted by Gasteiger charge is 2.03. The fourth-order valence-electron chi connectivity index (χ4n) is 1.61. The lowest BCUT2D eigenvalue weighted by Crippen LogP contribution is -1.93. The van der Waals surface area contributed by atoms with Crippen molar-refractivity contribution in [2.45, 2.75) is 26.4 Å². The lowest BCUT2D eigenvalue weighted by Gasteiger charge is -2.07. The molecule has 3 heteroatoms. The van der Waals surface area contributed by atoms with E-state index in [-0.39, 0.29) is 0 Å². The van der Waals surface area contributed by atoms with E-state index in [4.69, 9.17) is 4.74 Å². The van der Waals surface area contributed by atoms with Gasteiger partial charge in [0.05, 0.1) is 6.10 Å². The van der Waals surface area contributed by atoms with Crippen LogP contribution in [0.1, 0.15) is 31.1 Å². The number of nitrogens with zero attached hydrogens (tertiary/aromatic N) is 1. The van der Waals surface area contributed by atoms with Crippen LogP contribution in [-0.2, 0) is 6.42 Å². The van der Waals surface area contributed by atoms with Crippen LogP contribution in [0.4, 0.5) is 0 Å². The van der Waals surface area contributed by atoms with Gasteiger partial charge < -0.3 is 9.84 Å². The summed E-state index contributed by atoms with van der Waals surface area (Å²) in [5.74, 6) is 1.30. The number of aryl methyl sites for hydroxylation is 1. The lowest BCUT2D eigenvalue weighted by atomic mass is 10.2. The molecular weight excluding hydrogens is 226 g/mol. The molecule has 2 aromatic rings. The second-order valence-corrected chi connectivity index (χ2v) is 4.21. The fraction of sp³-hybridized carbons (Fsp3) is 0.267. The van der Waals surface area contributed by atoms with Crippen molar-refractivity contribution < 1.29 is 9.84 Å². The molecule has 94 valence electrons. The van der Waals surface area contributed by atoms with E-state index < -0.39 is 6.10 Å². The average molecular weight is 243 g/mol. The van der Waals surface area contributed by atoms with Crippen LogP contribution in [0, 0.1) is 0 Å². The molecule has 0 saturated carbocycles. The number of aliphatic hydroxyl groups is 1. The molecule has 1 aromatic heterocycles. The van der Waals surface area contributed by atoms with Gasteiger partial charge in [-0.25, -0.2) is 4.98 Å². The first-order valence-corrected chi connectivity index (χ1v) is 6.10. The van der Waals surface area contributed by atoms with Gasteiger partial charge >= 0.3 is 0 Å². The summed E-state index contributed by atoms with van der Waals surface area (Å²) in [6.07, 6.45) is 2.14. The number of hydrogen-bond acceptors (Lipinski definition) is 3. The largest absolute Gasteiger partial charge is 0.439 e. The van der Waals surface area contributed by atoms with Crippen LogP contribution in [0.3, 0.4) is 0 Å². The Bertz CT molecular complexity index is 489. The molecule has 0 aliphatic heterocycles. The molecule has 0 unspecified atom stereocenters. The topological polar surface area (TPSA) is 42.4 Å². The van der Waals surface area contributed by atoms with Crippen molar-refractivity contribution in [2.24, 2.45) is 0 Å². The van der Waals surface area contributed by atoms with Crippen molar-refractivity contribution in [1.29, 1.82) is 0 Å². The zero-order valence-corrected chi connectivity index (χ0v) is 10.6. The summed E-state index contributed by atoms with van der Waals surface area (Å²) in [6, 6.07) is 11.5. The van der Waals surface area contributed by atoms with E-state index in [2.05, 4.69) is 11.9 Å². The van der Waals surface area contributed by atoms with Gasteiger partial charge in [0, 0.05) is 12.3 Å². The van der Waals surface area contributed by atoms with Gasteiger partial charge in [0.15, 0.2) is 0 Å². The normalized spacial score (nSPS) is 12.2. The van der Waals surface area contributed by atoms with Crippen molar-refractivity contribution in [1.82, 2.24) is 4.98 Å². The Morgan fingerprint density at radius 3 is 2.39 bits per heavy atom. The molecule has 0 bridgehead atoms. The summed E-state index contributed by atoms with van der Waals surface area (Å²) in [6.45, 7) is 3.83. The van der Waals surface area contributed by atoms with E-state index in [1.807, 2.05) is 30.3 Å². The molecule has 0 fully saturated rings. The number of pyridine rings is 1. The number of benzene rings is 1. The Balaban J connectivity index is 2.08. The van der Waals surface area contributed by atoms with Gasteiger partial charge in [0.2, 0.25) is 5.88 Å². The summed E-state index contributed by atoms with van der Waals surface area (Å²) in [5.41, 5.74) is 2.06. The minimum atomic E-state index is -0.504. The standard InChI is InChI=1S/C15H17NO2/c1-3-12-4-7-14(8-5-12)18-15-9-6-13(10-16-15)11(2)17/h4-11,17H,3H2,1-2H3/t11-/m1/s1. The first-order valence-electron chi connectivity index (χ1n) is 6.10. The predicted molar refractivity (Wildman–Crippen MR) is 70.8 cm³/mol. The van der Waals surface area contributed by atoms with Crippen molar-refractivity contribution in [2.75, 3.05) is 0 Å². The monoisotopic (exact) mass is 243 g/mol. The van der Waals surface area contributed by atoms with Gasteiger partial charge in [-0.15, -0.1) is 0 Å². The maximum atomic E-state index is 9.38. The zero-order chi connectivity index (χ0) is 13.0. The van der Waals surface area contributed by atoms with Gasteiger partial charge in [0.1, 0.15) is 5.75 Å². The van der Waals surface area contributed by atoms with Gasteiger partial charge in [-0.3, -0.25) is 0 Å². The van der Waals surface area contributed by atoms with E-state index in [0.717, 1.165) is 17.7 Å². The Labute approximate surface area is 107 Å². The van der Waals surface area contributed by atoms with E-state index in [0.29, 0.717) is 5.88 Å². The molecule has 1 heterocycles. The highest BCUT2D eigenvalue weighted by molar-refractivity contribution is 5.31. The zero-order valence-electron chi connectivity index (χ0n) is 10.6. The quantitative estimate of drug-likeness (QED) is 0.893. The van der Waals surface area contributed by atoms with Crippen LogP contribution in [-0.4, -0.2) is 10.1 Å². The van der Waals surface area contributed by atoms with Crippen molar-refractivity contribution in [3.8, 4) is 11.6 Å². The van der Waals surface area contributed by atoms with Gasteiger partial charge in [-0.1, -0.05) is 19.1 Å². The molecule has 1 atom stereocenters. The van der Waals surface area contributed by atoms with Gasteiger partial charge in [-0.2, -0.15) is 0 Å². The maximum absolute atomic E-state index is 9.38. The Hall–Kier alpha value is -1.87. The molecule has 0 radical (unpaired) electrons. The molecule has 0 amide bonds. The smallest absolute Gasteiger partial charge is 0.219 e. The minimum Gasteiger partial charge on any atom is -0.439 e. The lowest BCUT2D eigenvalue weighted by molar-refractivity contribution is 0.198. The summed E-state index contributed by atoms with van der Waals surface area (Å²) in [5, 5.41) is 9.38. The van der Waals surface area contributed by atoms with Gasteiger partial charge in [-0.05, 0) is 42.7 Å². The van der Waals surface area contributed by atoms with Crippen molar-refractivity contribution in [3.05, 3.63) is 53.7 Å². The molecule has 0 aliphatic rings. The molecule has 0 aliphatic carbocycles. The Morgan fingerprint density at radius 1 is 1.17 bits per heavy atom. The molecule has 18 heavy (non-hydrogen) atoms. The second kappa shape index (κ2) is 5.65. The summed E-state index contributed by atoms with van der Waals surface area (Å²) in [4.78, 5) is 4.16. The molecule has 2 rings (SSSR count). The third-order valence-corrected chi connectivity index (χ3v) is 2.80. The van der Waals surface area contributed by atoms with E-state index in [1.54, 1.807) is 19.2 Å². The molecule has 1 aromatic carbocycles. The second-order valence-electron chi connectivity index (χ2n) is 4.21. The highest BCUT2D eigenvalue weighted by Crippen LogP contribution is 2.21. The van der Waals surface area contributed by atoms with Gasteiger partial charge in [0.25, 0.3) is 0 Å². The minimum absolute atomic E-state index is 0.504. The van der Waals surface area contributed by atoms with Crippen LogP contribution < -0.4 is 4.74 Å². The number of ether oxygens (including phenoxy) is 1. The SMILES string of the molecule is CCc1ccc(Oc2ccc([C@@H](C)O)cn2)cc1.